The maximum atomic E-state index is 12.3. The van der Waals surface area contributed by atoms with E-state index in [1.165, 1.54) is 6.07 Å². The third kappa shape index (κ3) is 4.07. The zero-order chi connectivity index (χ0) is 12.3. The smallest absolute Gasteiger partial charge is 0.405 e. The van der Waals surface area contributed by atoms with E-state index in [9.17, 15) is 13.2 Å². The van der Waals surface area contributed by atoms with Gasteiger partial charge in [0.1, 0.15) is 5.75 Å². The minimum atomic E-state index is -4.62. The Morgan fingerprint density at radius 2 is 1.72 bits per heavy atom. The van der Waals surface area contributed by atoms with Crippen molar-refractivity contribution < 1.29 is 17.9 Å². The molecule has 0 amide bonds. The van der Waals surface area contributed by atoms with Gasteiger partial charge in [0.2, 0.25) is 0 Å². The third-order valence-corrected chi connectivity index (χ3v) is 2.92. The topological polar surface area (TPSA) is 21.3 Å². The van der Waals surface area contributed by atoms with Gasteiger partial charge in [0.25, 0.3) is 0 Å². The molecule has 1 fully saturated rings. The lowest BCUT2D eigenvalue weighted by atomic mass is 9.90. The third-order valence-electron chi connectivity index (χ3n) is 2.92. The van der Waals surface area contributed by atoms with E-state index in [4.69, 9.17) is 0 Å². The number of rotatable bonds is 2. The molecule has 1 aromatic rings. The molecule has 0 unspecified atom stereocenters. The molecule has 0 aromatic heterocycles. The average molecular weight is 282 g/mol. The maximum Gasteiger partial charge on any atom is 0.573 e. The summed E-state index contributed by atoms with van der Waals surface area (Å²) in [6, 6.07) is 6.41. The molecular weight excluding hydrogens is 267 g/mol. The SMILES string of the molecule is Cl.FC(F)(F)Oc1ccccc1C1CCNCC1. The molecule has 1 heterocycles. The van der Waals surface area contributed by atoms with Crippen LogP contribution in [0.4, 0.5) is 13.2 Å². The fourth-order valence-corrected chi connectivity index (χ4v) is 2.17. The molecule has 0 saturated carbocycles. The summed E-state index contributed by atoms with van der Waals surface area (Å²) in [6.07, 6.45) is -2.93. The predicted octanol–water partition coefficient (Wildman–Crippen LogP) is 3.47. The molecule has 1 aliphatic rings. The van der Waals surface area contributed by atoms with Crippen LogP contribution in [0.2, 0.25) is 0 Å². The summed E-state index contributed by atoms with van der Waals surface area (Å²) in [5.74, 6) is 0.0849. The second-order valence-electron chi connectivity index (χ2n) is 4.11. The van der Waals surface area contributed by atoms with Gasteiger partial charge in [0, 0.05) is 0 Å². The Morgan fingerprint density at radius 1 is 1.11 bits per heavy atom. The number of benzene rings is 1. The summed E-state index contributed by atoms with van der Waals surface area (Å²) in [4.78, 5) is 0. The molecule has 2 rings (SSSR count). The minimum absolute atomic E-state index is 0. The molecule has 1 aromatic carbocycles. The molecule has 0 bridgehead atoms. The highest BCUT2D eigenvalue weighted by atomic mass is 35.5. The summed E-state index contributed by atoms with van der Waals surface area (Å²) in [6.45, 7) is 1.68. The van der Waals surface area contributed by atoms with Gasteiger partial charge in [-0.05, 0) is 43.5 Å². The first-order valence-corrected chi connectivity index (χ1v) is 5.61. The Kier molecular flexibility index (Phi) is 5.28. The van der Waals surface area contributed by atoms with Crippen LogP contribution in [0.1, 0.15) is 24.3 Å². The summed E-state index contributed by atoms with van der Waals surface area (Å²) in [5, 5.41) is 3.19. The van der Waals surface area contributed by atoms with Crippen molar-refractivity contribution in [1.29, 1.82) is 0 Å². The summed E-state index contributed by atoms with van der Waals surface area (Å²) in [7, 11) is 0. The quantitative estimate of drug-likeness (QED) is 0.896. The molecule has 102 valence electrons. The molecule has 1 aliphatic heterocycles. The number of nitrogens with one attached hydrogen (secondary N) is 1. The minimum Gasteiger partial charge on any atom is -0.405 e. The van der Waals surface area contributed by atoms with Crippen LogP contribution in [0.5, 0.6) is 5.75 Å². The van der Waals surface area contributed by atoms with Crippen molar-refractivity contribution in [1.82, 2.24) is 5.32 Å². The Hall–Kier alpha value is -0.940. The fourth-order valence-electron chi connectivity index (χ4n) is 2.17. The summed E-state index contributed by atoms with van der Waals surface area (Å²) in [5.41, 5.74) is 0.659. The van der Waals surface area contributed by atoms with Crippen LogP contribution >= 0.6 is 12.4 Å². The van der Waals surface area contributed by atoms with Crippen molar-refractivity contribution in [3.8, 4) is 5.75 Å². The molecule has 1 N–H and O–H groups in total. The first-order chi connectivity index (χ1) is 8.06. The molecule has 2 nitrogen and oxygen atoms in total. The molecule has 0 aliphatic carbocycles. The van der Waals surface area contributed by atoms with Gasteiger partial charge in [0.05, 0.1) is 0 Å². The van der Waals surface area contributed by atoms with E-state index in [0.717, 1.165) is 25.9 Å². The molecule has 0 atom stereocenters. The zero-order valence-corrected chi connectivity index (χ0v) is 10.5. The molecule has 0 spiro atoms. The maximum absolute atomic E-state index is 12.3. The lowest BCUT2D eigenvalue weighted by molar-refractivity contribution is -0.275. The van der Waals surface area contributed by atoms with Crippen LogP contribution in [0, 0.1) is 0 Å². The Balaban J connectivity index is 0.00000162. The summed E-state index contributed by atoms with van der Waals surface area (Å²) < 4.78 is 40.8. The van der Waals surface area contributed by atoms with Crippen LogP contribution in [0.3, 0.4) is 0 Å². The van der Waals surface area contributed by atoms with Crippen LogP contribution < -0.4 is 10.1 Å². The summed E-state index contributed by atoms with van der Waals surface area (Å²) >= 11 is 0. The number of hydrogen-bond donors (Lipinski definition) is 1. The molecule has 1 saturated heterocycles. The zero-order valence-electron chi connectivity index (χ0n) is 9.67. The van der Waals surface area contributed by atoms with E-state index in [-0.39, 0.29) is 24.1 Å². The average Bonchev–Trinajstić information content (AvgIpc) is 2.29. The lowest BCUT2D eigenvalue weighted by Crippen LogP contribution is -2.27. The van der Waals surface area contributed by atoms with Crippen molar-refractivity contribution in [3.63, 3.8) is 0 Å². The van der Waals surface area contributed by atoms with Gasteiger partial charge in [-0.1, -0.05) is 18.2 Å². The number of alkyl halides is 3. The van der Waals surface area contributed by atoms with Crippen molar-refractivity contribution in [2.24, 2.45) is 0 Å². The van der Waals surface area contributed by atoms with E-state index < -0.39 is 6.36 Å². The standard InChI is InChI=1S/C12H14F3NO.ClH/c13-12(14,15)17-11-4-2-1-3-10(11)9-5-7-16-8-6-9;/h1-4,9,16H,5-8H2;1H. The first kappa shape index (κ1) is 15.1. The van der Waals surface area contributed by atoms with Crippen LogP contribution in [0.15, 0.2) is 24.3 Å². The first-order valence-electron chi connectivity index (χ1n) is 5.61. The van der Waals surface area contributed by atoms with Gasteiger partial charge in [-0.15, -0.1) is 25.6 Å². The molecule has 0 radical (unpaired) electrons. The van der Waals surface area contributed by atoms with E-state index >= 15 is 0 Å². The van der Waals surface area contributed by atoms with E-state index in [0.29, 0.717) is 5.56 Å². The van der Waals surface area contributed by atoms with Gasteiger partial charge in [0.15, 0.2) is 0 Å². The van der Waals surface area contributed by atoms with Crippen LogP contribution in [-0.2, 0) is 0 Å². The molecule has 6 heteroatoms. The second-order valence-corrected chi connectivity index (χ2v) is 4.11. The highest BCUT2D eigenvalue weighted by molar-refractivity contribution is 5.85. The van der Waals surface area contributed by atoms with E-state index in [1.54, 1.807) is 18.2 Å². The van der Waals surface area contributed by atoms with Gasteiger partial charge < -0.3 is 10.1 Å². The largest absolute Gasteiger partial charge is 0.573 e. The fraction of sp³-hybridized carbons (Fsp3) is 0.500. The molecule has 18 heavy (non-hydrogen) atoms. The van der Waals surface area contributed by atoms with Crippen molar-refractivity contribution in [3.05, 3.63) is 29.8 Å². The number of hydrogen-bond acceptors (Lipinski definition) is 2. The van der Waals surface area contributed by atoms with Gasteiger partial charge in [-0.2, -0.15) is 0 Å². The number of piperidine rings is 1. The van der Waals surface area contributed by atoms with Gasteiger partial charge >= 0.3 is 6.36 Å². The van der Waals surface area contributed by atoms with E-state index in [1.807, 2.05) is 0 Å². The highest BCUT2D eigenvalue weighted by Gasteiger charge is 2.33. The van der Waals surface area contributed by atoms with Crippen molar-refractivity contribution in [2.75, 3.05) is 13.1 Å². The predicted molar refractivity (Wildman–Crippen MR) is 65.2 cm³/mol. The highest BCUT2D eigenvalue weighted by Crippen LogP contribution is 2.35. The van der Waals surface area contributed by atoms with Crippen LogP contribution in [-0.4, -0.2) is 19.5 Å². The second kappa shape index (κ2) is 6.29. The Labute approximate surface area is 110 Å². The van der Waals surface area contributed by atoms with Crippen molar-refractivity contribution >= 4 is 12.4 Å². The van der Waals surface area contributed by atoms with Crippen molar-refractivity contribution in [2.45, 2.75) is 25.1 Å². The lowest BCUT2D eigenvalue weighted by Gasteiger charge is -2.25. The Bertz CT molecular complexity index is 378. The Morgan fingerprint density at radius 3 is 2.33 bits per heavy atom. The van der Waals surface area contributed by atoms with Gasteiger partial charge in [-0.25, -0.2) is 0 Å². The van der Waals surface area contributed by atoms with Crippen LogP contribution in [0.25, 0.3) is 0 Å². The number of halogens is 4. The molecular formula is C12H15ClF3NO. The monoisotopic (exact) mass is 281 g/mol. The van der Waals surface area contributed by atoms with Gasteiger partial charge in [-0.3, -0.25) is 0 Å². The number of para-hydroxylation sites is 1. The number of ether oxygens (including phenoxy) is 1. The van der Waals surface area contributed by atoms with E-state index in [2.05, 4.69) is 10.1 Å². The normalized spacial score (nSPS) is 17.1.